The molecule has 3 atom stereocenters. The summed E-state index contributed by atoms with van der Waals surface area (Å²) in [5, 5.41) is 10.4. The van der Waals surface area contributed by atoms with Crippen LogP contribution in [0.4, 0.5) is 5.95 Å². The van der Waals surface area contributed by atoms with Gasteiger partial charge < -0.3 is 14.9 Å². The van der Waals surface area contributed by atoms with Crippen LogP contribution >= 0.6 is 0 Å². The number of hydrogen-bond donors (Lipinski definition) is 1. The molecular formula is C37H49N5O2. The summed E-state index contributed by atoms with van der Waals surface area (Å²) in [6, 6.07) is 23.3. The third-order valence-corrected chi connectivity index (χ3v) is 10.4. The maximum absolute atomic E-state index is 12.6. The van der Waals surface area contributed by atoms with Gasteiger partial charge in [-0.1, -0.05) is 86.8 Å². The van der Waals surface area contributed by atoms with Crippen LogP contribution in [0, 0.1) is 11.8 Å². The summed E-state index contributed by atoms with van der Waals surface area (Å²) in [5.74, 6) is 1.28. The van der Waals surface area contributed by atoms with Crippen LogP contribution in [0.15, 0.2) is 72.9 Å². The third-order valence-electron chi connectivity index (χ3n) is 10.4. The van der Waals surface area contributed by atoms with Crippen molar-refractivity contribution in [1.29, 1.82) is 0 Å². The Morgan fingerprint density at radius 2 is 1.64 bits per heavy atom. The second kappa shape index (κ2) is 14.7. The molecule has 1 aliphatic carbocycles. The van der Waals surface area contributed by atoms with Crippen LogP contribution in [0.2, 0.25) is 0 Å². The van der Waals surface area contributed by atoms with E-state index in [9.17, 15) is 9.90 Å². The zero-order valence-electron chi connectivity index (χ0n) is 26.3. The SMILES string of the molecule is CCCN(c1nccc(-c2ccccc2)n1)C1CCN(CC2CN(C(C(=O)O)C3CCCCC3)CC2c2ccccc2)CC1. The van der Waals surface area contributed by atoms with Crippen LogP contribution in [0.3, 0.4) is 0 Å². The lowest BCUT2D eigenvalue weighted by molar-refractivity contribution is -0.145. The summed E-state index contributed by atoms with van der Waals surface area (Å²) in [7, 11) is 0. The van der Waals surface area contributed by atoms with E-state index in [-0.39, 0.29) is 12.0 Å². The second-order valence-electron chi connectivity index (χ2n) is 13.2. The van der Waals surface area contributed by atoms with Gasteiger partial charge in [0, 0.05) is 63.0 Å². The lowest BCUT2D eigenvalue weighted by Gasteiger charge is -2.40. The molecule has 1 N–H and O–H groups in total. The molecule has 0 bridgehead atoms. The Hall–Kier alpha value is -3.29. The molecule has 2 saturated heterocycles. The molecule has 1 saturated carbocycles. The maximum atomic E-state index is 12.6. The van der Waals surface area contributed by atoms with E-state index < -0.39 is 5.97 Å². The van der Waals surface area contributed by atoms with Crippen molar-refractivity contribution in [2.45, 2.75) is 76.3 Å². The summed E-state index contributed by atoms with van der Waals surface area (Å²) in [6.45, 7) is 8.02. The van der Waals surface area contributed by atoms with Crippen molar-refractivity contribution in [2.24, 2.45) is 11.8 Å². The fourth-order valence-corrected chi connectivity index (χ4v) is 8.19. The fraction of sp³-hybridized carbons (Fsp3) is 0.541. The summed E-state index contributed by atoms with van der Waals surface area (Å²) in [6.07, 6.45) is 10.8. The number of piperidine rings is 1. The standard InChI is InChI=1S/C37H49N5O2/c1-2-22-42(37-38-21-18-34(39-37)29-14-8-4-9-15-29)32-19-23-40(24-20-32)25-31-26-41(27-33(31)28-12-6-3-7-13-28)35(36(43)44)30-16-10-5-11-17-30/h3-4,6-9,12-15,18,21,30-33,35H,2,5,10-11,16-17,19-20,22-27H2,1H3,(H,43,44). The molecule has 3 aliphatic rings. The summed E-state index contributed by atoms with van der Waals surface area (Å²) < 4.78 is 0. The van der Waals surface area contributed by atoms with E-state index >= 15 is 0 Å². The van der Waals surface area contributed by atoms with E-state index in [2.05, 4.69) is 76.2 Å². The van der Waals surface area contributed by atoms with Crippen LogP contribution in [0.5, 0.6) is 0 Å². The highest BCUT2D eigenvalue weighted by Gasteiger charge is 2.43. The number of benzene rings is 2. The van der Waals surface area contributed by atoms with Crippen LogP contribution in [-0.4, -0.2) is 82.2 Å². The van der Waals surface area contributed by atoms with Crippen LogP contribution in [-0.2, 0) is 4.79 Å². The maximum Gasteiger partial charge on any atom is 0.321 e. The van der Waals surface area contributed by atoms with Gasteiger partial charge in [0.15, 0.2) is 0 Å². The second-order valence-corrected chi connectivity index (χ2v) is 13.2. The molecule has 234 valence electrons. The number of aliphatic carboxylic acids is 1. The highest BCUT2D eigenvalue weighted by atomic mass is 16.4. The molecule has 7 nitrogen and oxygen atoms in total. The molecule has 3 unspecified atom stereocenters. The molecule has 6 rings (SSSR count). The zero-order valence-corrected chi connectivity index (χ0v) is 26.3. The van der Waals surface area contributed by atoms with Gasteiger partial charge in [0.25, 0.3) is 0 Å². The van der Waals surface area contributed by atoms with Gasteiger partial charge in [0.05, 0.1) is 5.69 Å². The summed E-state index contributed by atoms with van der Waals surface area (Å²) in [4.78, 5) is 29.8. The number of rotatable bonds is 11. The van der Waals surface area contributed by atoms with Gasteiger partial charge in [-0.2, -0.15) is 0 Å². The quantitative estimate of drug-likeness (QED) is 0.269. The molecule has 3 fully saturated rings. The van der Waals surface area contributed by atoms with E-state index in [1.165, 1.54) is 24.8 Å². The number of likely N-dealkylation sites (tertiary alicyclic amines) is 2. The first kappa shape index (κ1) is 30.7. The van der Waals surface area contributed by atoms with Gasteiger partial charge in [-0.25, -0.2) is 9.97 Å². The Kier molecular flexibility index (Phi) is 10.2. The van der Waals surface area contributed by atoms with Crippen molar-refractivity contribution in [3.8, 4) is 11.3 Å². The van der Waals surface area contributed by atoms with E-state index in [0.717, 1.165) is 88.6 Å². The van der Waals surface area contributed by atoms with Gasteiger partial charge in [0.2, 0.25) is 5.95 Å². The minimum absolute atomic E-state index is 0.277. The molecule has 44 heavy (non-hydrogen) atoms. The van der Waals surface area contributed by atoms with Crippen molar-refractivity contribution in [1.82, 2.24) is 19.8 Å². The number of hydrogen-bond acceptors (Lipinski definition) is 6. The van der Waals surface area contributed by atoms with Crippen LogP contribution in [0.25, 0.3) is 11.3 Å². The number of anilines is 1. The monoisotopic (exact) mass is 595 g/mol. The normalized spacial score (nSPS) is 23.0. The number of carboxylic acids is 1. The first-order valence-electron chi connectivity index (χ1n) is 17.0. The summed E-state index contributed by atoms with van der Waals surface area (Å²) >= 11 is 0. The Labute approximate surface area is 263 Å². The van der Waals surface area contributed by atoms with Gasteiger partial charge in [-0.05, 0) is 55.6 Å². The minimum Gasteiger partial charge on any atom is -0.480 e. The predicted molar refractivity (Wildman–Crippen MR) is 177 cm³/mol. The Bertz CT molecular complexity index is 1320. The van der Waals surface area contributed by atoms with Gasteiger partial charge >= 0.3 is 5.97 Å². The van der Waals surface area contributed by atoms with Crippen molar-refractivity contribution >= 4 is 11.9 Å². The Morgan fingerprint density at radius 1 is 0.932 bits per heavy atom. The number of carbonyl (C=O) groups is 1. The Morgan fingerprint density at radius 3 is 2.32 bits per heavy atom. The van der Waals surface area contributed by atoms with Gasteiger partial charge in [-0.15, -0.1) is 0 Å². The third kappa shape index (κ3) is 7.16. The average molecular weight is 596 g/mol. The molecule has 2 aliphatic heterocycles. The van der Waals surface area contributed by atoms with Crippen molar-refractivity contribution < 1.29 is 9.90 Å². The lowest BCUT2D eigenvalue weighted by Crippen LogP contribution is -2.48. The van der Waals surface area contributed by atoms with E-state index in [1.807, 2.05) is 18.3 Å². The number of aromatic nitrogens is 2. The van der Waals surface area contributed by atoms with Gasteiger partial charge in [0.1, 0.15) is 6.04 Å². The molecule has 0 spiro atoms. The van der Waals surface area contributed by atoms with Crippen molar-refractivity contribution in [2.75, 3.05) is 44.2 Å². The largest absolute Gasteiger partial charge is 0.480 e. The van der Waals surface area contributed by atoms with E-state index in [0.29, 0.717) is 17.9 Å². The number of nitrogens with zero attached hydrogens (tertiary/aromatic N) is 5. The molecule has 3 heterocycles. The van der Waals surface area contributed by atoms with Crippen molar-refractivity contribution in [3.05, 3.63) is 78.5 Å². The topological polar surface area (TPSA) is 72.8 Å². The van der Waals surface area contributed by atoms with Crippen molar-refractivity contribution in [3.63, 3.8) is 0 Å². The average Bonchev–Trinajstić information content (AvgIpc) is 3.48. The molecule has 0 radical (unpaired) electrons. The zero-order chi connectivity index (χ0) is 30.3. The minimum atomic E-state index is -0.625. The highest BCUT2D eigenvalue weighted by molar-refractivity contribution is 5.74. The molecule has 7 heteroatoms. The van der Waals surface area contributed by atoms with E-state index in [4.69, 9.17) is 9.97 Å². The highest BCUT2D eigenvalue weighted by Crippen LogP contribution is 2.38. The van der Waals surface area contributed by atoms with Crippen LogP contribution < -0.4 is 4.90 Å². The summed E-state index contributed by atoms with van der Waals surface area (Å²) in [5.41, 5.74) is 3.45. The Balaban J connectivity index is 1.13. The molecule has 2 aromatic carbocycles. The first-order chi connectivity index (χ1) is 21.6. The molecular weight excluding hydrogens is 546 g/mol. The van der Waals surface area contributed by atoms with Gasteiger partial charge in [-0.3, -0.25) is 9.69 Å². The predicted octanol–water partition coefficient (Wildman–Crippen LogP) is 6.57. The molecule has 3 aromatic rings. The fourth-order valence-electron chi connectivity index (χ4n) is 8.19. The lowest BCUT2D eigenvalue weighted by atomic mass is 9.83. The smallest absolute Gasteiger partial charge is 0.321 e. The first-order valence-corrected chi connectivity index (χ1v) is 17.0. The van der Waals surface area contributed by atoms with Crippen LogP contribution in [0.1, 0.15) is 69.8 Å². The molecule has 1 aromatic heterocycles. The van der Waals surface area contributed by atoms with E-state index in [1.54, 1.807) is 0 Å². The molecule has 0 amide bonds. The number of carboxylic acid groups (broad SMARTS) is 1.